The minimum atomic E-state index is -1.45. The number of hydrogen-bond acceptors (Lipinski definition) is 4. The van der Waals surface area contributed by atoms with Gasteiger partial charge in [-0.05, 0) is 128 Å². The Labute approximate surface area is 377 Å². The van der Waals surface area contributed by atoms with E-state index in [1.807, 2.05) is 0 Å². The van der Waals surface area contributed by atoms with Gasteiger partial charge in [-0.25, -0.2) is 0 Å². The molecule has 0 atom stereocenters. The second-order valence-electron chi connectivity index (χ2n) is 19.7. The second-order valence-corrected chi connectivity index (χ2v) is 29.8. The zero-order chi connectivity index (χ0) is 44.1. The largest absolute Gasteiger partial charge is 0.455 e. The van der Waals surface area contributed by atoms with E-state index in [1.165, 1.54) is 21.5 Å². The van der Waals surface area contributed by atoms with E-state index in [0.29, 0.717) is 0 Å². The molecular weight excluding hydrogens is 813 g/mol. The average Bonchev–Trinajstić information content (AvgIpc) is 3.84. The SMILES string of the molecule is Cc1ccc(N(c2ccc(C)cc2)c2ccc3c(ccc4c5cc6c(cc5oc34)oc3c4ccc(N(c5ccc([Si](C)(C)C)cc5)c5ccc([Si](C)(C)C)cc5)cc4ccc63)c2)cc1. The normalized spacial score (nSPS) is 12.4. The topological polar surface area (TPSA) is 32.8 Å². The van der Waals surface area contributed by atoms with Crippen molar-refractivity contribution in [2.45, 2.75) is 53.1 Å². The van der Waals surface area contributed by atoms with Crippen LogP contribution in [0, 0.1) is 13.8 Å². The highest BCUT2D eigenvalue weighted by Gasteiger charge is 2.22. The van der Waals surface area contributed by atoms with Crippen molar-refractivity contribution in [3.63, 3.8) is 0 Å². The number of aryl methyl sites for hydroxylation is 2. The van der Waals surface area contributed by atoms with Crippen LogP contribution in [0.15, 0.2) is 179 Å². The first-order valence-electron chi connectivity index (χ1n) is 22.4. The van der Waals surface area contributed by atoms with Crippen molar-refractivity contribution in [2.75, 3.05) is 9.80 Å². The van der Waals surface area contributed by atoms with Crippen molar-refractivity contribution in [3.8, 4) is 0 Å². The zero-order valence-corrected chi connectivity index (χ0v) is 39.9. The number of rotatable bonds is 8. The Hall–Kier alpha value is -6.87. The number of benzene rings is 9. The molecule has 0 fully saturated rings. The maximum Gasteiger partial charge on any atom is 0.143 e. The van der Waals surface area contributed by atoms with Crippen LogP contribution in [0.5, 0.6) is 0 Å². The lowest BCUT2D eigenvalue weighted by Gasteiger charge is -2.28. The molecule has 11 aromatic rings. The first-order chi connectivity index (χ1) is 30.8. The lowest BCUT2D eigenvalue weighted by atomic mass is 10.0. The quantitative estimate of drug-likeness (QED) is 0.143. The van der Waals surface area contributed by atoms with Gasteiger partial charge >= 0.3 is 0 Å². The summed E-state index contributed by atoms with van der Waals surface area (Å²) in [5.41, 5.74) is 12.7. The molecule has 0 saturated carbocycles. The fourth-order valence-electron chi connectivity index (χ4n) is 9.37. The Balaban J connectivity index is 0.985. The molecule has 0 spiro atoms. The zero-order valence-electron chi connectivity index (χ0n) is 37.9. The minimum Gasteiger partial charge on any atom is -0.455 e. The van der Waals surface area contributed by atoms with Gasteiger partial charge in [0.25, 0.3) is 0 Å². The predicted molar refractivity (Wildman–Crippen MR) is 281 cm³/mol. The molecule has 4 nitrogen and oxygen atoms in total. The molecule has 9 aromatic carbocycles. The third-order valence-corrected chi connectivity index (χ3v) is 17.2. The molecule has 0 aliphatic rings. The summed E-state index contributed by atoms with van der Waals surface area (Å²) in [5.74, 6) is 0. The van der Waals surface area contributed by atoms with Crippen molar-refractivity contribution in [3.05, 3.63) is 181 Å². The fraction of sp³-hybridized carbons (Fsp3) is 0.138. The molecule has 11 rings (SSSR count). The van der Waals surface area contributed by atoms with Crippen LogP contribution < -0.4 is 20.2 Å². The van der Waals surface area contributed by atoms with Crippen LogP contribution in [0.1, 0.15) is 11.1 Å². The van der Waals surface area contributed by atoms with Crippen molar-refractivity contribution in [1.82, 2.24) is 0 Å². The highest BCUT2D eigenvalue weighted by atomic mass is 28.3. The van der Waals surface area contributed by atoms with Crippen LogP contribution in [0.3, 0.4) is 0 Å². The predicted octanol–water partition coefficient (Wildman–Crippen LogP) is 16.4. The van der Waals surface area contributed by atoms with E-state index in [9.17, 15) is 0 Å². The summed E-state index contributed by atoms with van der Waals surface area (Å²) < 4.78 is 13.5. The number of hydrogen-bond donors (Lipinski definition) is 0. The molecule has 0 radical (unpaired) electrons. The van der Waals surface area contributed by atoms with Gasteiger partial charge in [0.05, 0.1) is 16.1 Å². The van der Waals surface area contributed by atoms with E-state index in [2.05, 4.69) is 233 Å². The maximum absolute atomic E-state index is 6.79. The van der Waals surface area contributed by atoms with E-state index >= 15 is 0 Å². The Morgan fingerprint density at radius 1 is 0.312 bits per heavy atom. The Morgan fingerprint density at radius 2 is 0.641 bits per heavy atom. The molecule has 0 aliphatic carbocycles. The minimum absolute atomic E-state index is 0.821. The number of furan rings is 2. The molecule has 0 amide bonds. The fourth-order valence-corrected chi connectivity index (χ4v) is 11.7. The summed E-state index contributed by atoms with van der Waals surface area (Å²) in [7, 11) is -2.90. The van der Waals surface area contributed by atoms with Crippen LogP contribution in [0.25, 0.3) is 65.4 Å². The van der Waals surface area contributed by atoms with E-state index in [-0.39, 0.29) is 0 Å². The van der Waals surface area contributed by atoms with Crippen LogP contribution in [-0.2, 0) is 0 Å². The molecule has 0 unspecified atom stereocenters. The third kappa shape index (κ3) is 6.89. The molecule has 0 aliphatic heterocycles. The van der Waals surface area contributed by atoms with Gasteiger partial charge in [-0.1, -0.05) is 121 Å². The monoisotopic (exact) mass is 864 g/mol. The number of fused-ring (bicyclic) bond motifs is 10. The first kappa shape index (κ1) is 39.9. The van der Waals surface area contributed by atoms with Gasteiger partial charge in [-0.2, -0.15) is 0 Å². The molecule has 0 N–H and O–H groups in total. The van der Waals surface area contributed by atoms with Gasteiger partial charge in [0.1, 0.15) is 22.3 Å². The lowest BCUT2D eigenvalue weighted by Crippen LogP contribution is -2.37. The van der Waals surface area contributed by atoms with Gasteiger partial charge in [-0.3, -0.25) is 0 Å². The summed E-state index contributed by atoms with van der Waals surface area (Å²) in [4.78, 5) is 4.71. The molecule has 2 heterocycles. The van der Waals surface area contributed by atoms with Gasteiger partial charge in [0.15, 0.2) is 0 Å². The summed E-state index contributed by atoms with van der Waals surface area (Å²) in [6, 6.07) is 62.6. The summed E-state index contributed by atoms with van der Waals surface area (Å²) >= 11 is 0. The molecule has 0 bridgehead atoms. The van der Waals surface area contributed by atoms with E-state index < -0.39 is 16.1 Å². The van der Waals surface area contributed by atoms with Gasteiger partial charge < -0.3 is 18.6 Å². The van der Waals surface area contributed by atoms with E-state index in [4.69, 9.17) is 8.83 Å². The summed E-state index contributed by atoms with van der Waals surface area (Å²) in [6.45, 7) is 18.7. The van der Waals surface area contributed by atoms with Crippen molar-refractivity contribution < 1.29 is 8.83 Å². The van der Waals surface area contributed by atoms with Crippen molar-refractivity contribution >= 4 is 126 Å². The van der Waals surface area contributed by atoms with Crippen LogP contribution in [0.2, 0.25) is 39.3 Å². The molecule has 6 heteroatoms. The third-order valence-electron chi connectivity index (χ3n) is 13.1. The lowest BCUT2D eigenvalue weighted by molar-refractivity contribution is 0.660. The van der Waals surface area contributed by atoms with Crippen molar-refractivity contribution in [1.29, 1.82) is 0 Å². The Bertz CT molecular complexity index is 3470. The maximum atomic E-state index is 6.79. The standard InChI is InChI=1S/C58H52N2O2Si2/c1-37-9-15-41(16-10-37)59(42-17-11-38(2)12-18-42)45-23-31-49-39(33-45)13-29-51-53-35-54-52-30-14-40-34-46(24-32-50(40)58(52)62-56(54)36-55(53)61-57(49)51)60(43-19-25-47(26-20-43)63(3,4)5)44-21-27-48(28-22-44)64(6,7)8/h9-36H,1-8H3. The van der Waals surface area contributed by atoms with Crippen LogP contribution in [0.4, 0.5) is 34.1 Å². The van der Waals surface area contributed by atoms with Gasteiger partial charge in [-0.15, -0.1) is 0 Å². The van der Waals surface area contributed by atoms with Gasteiger partial charge in [0, 0.05) is 72.5 Å². The summed E-state index contributed by atoms with van der Waals surface area (Å²) in [6.07, 6.45) is 0. The highest BCUT2D eigenvalue weighted by molar-refractivity contribution is 6.89. The smallest absolute Gasteiger partial charge is 0.143 e. The average molecular weight is 865 g/mol. The van der Waals surface area contributed by atoms with Crippen LogP contribution >= 0.6 is 0 Å². The molecule has 2 aromatic heterocycles. The number of anilines is 6. The highest BCUT2D eigenvalue weighted by Crippen LogP contribution is 2.44. The van der Waals surface area contributed by atoms with E-state index in [1.54, 1.807) is 0 Å². The Kier molecular flexibility index (Phi) is 9.28. The van der Waals surface area contributed by atoms with Crippen LogP contribution in [-0.4, -0.2) is 16.1 Å². The number of nitrogens with zero attached hydrogens (tertiary/aromatic N) is 2. The Morgan fingerprint density at radius 3 is 1.00 bits per heavy atom. The summed E-state index contributed by atoms with van der Waals surface area (Å²) in [5, 5.41) is 11.7. The molecular formula is C58H52N2O2Si2. The molecule has 0 saturated heterocycles. The van der Waals surface area contributed by atoms with Crippen molar-refractivity contribution in [2.24, 2.45) is 0 Å². The first-order valence-corrected chi connectivity index (χ1v) is 29.4. The van der Waals surface area contributed by atoms with E-state index in [0.717, 1.165) is 99.5 Å². The molecule has 314 valence electrons. The second kappa shape index (κ2) is 14.9. The van der Waals surface area contributed by atoms with Gasteiger partial charge in [0.2, 0.25) is 0 Å². The molecule has 64 heavy (non-hydrogen) atoms.